The molecule has 108 valence electrons. The van der Waals surface area contributed by atoms with Crippen molar-refractivity contribution < 1.29 is 0 Å². The summed E-state index contributed by atoms with van der Waals surface area (Å²) in [4.78, 5) is 4.57. The summed E-state index contributed by atoms with van der Waals surface area (Å²) in [5.74, 6) is 1.20. The Bertz CT molecular complexity index is 611. The second-order valence-electron chi connectivity index (χ2n) is 5.69. The van der Waals surface area contributed by atoms with E-state index in [1.165, 1.54) is 19.3 Å². The van der Waals surface area contributed by atoms with Crippen LogP contribution in [0.2, 0.25) is 0 Å². The predicted octanol–water partition coefficient (Wildman–Crippen LogP) is 2.81. The van der Waals surface area contributed by atoms with Crippen molar-refractivity contribution in [1.82, 2.24) is 14.6 Å². The Morgan fingerprint density at radius 3 is 3.10 bits per heavy atom. The van der Waals surface area contributed by atoms with Gasteiger partial charge in [0.25, 0.3) is 0 Å². The van der Waals surface area contributed by atoms with Crippen LogP contribution < -0.4 is 11.1 Å². The van der Waals surface area contributed by atoms with Crippen molar-refractivity contribution in [2.45, 2.75) is 38.1 Å². The molecule has 0 saturated heterocycles. The van der Waals surface area contributed by atoms with Gasteiger partial charge in [0.05, 0.1) is 10.0 Å². The molecule has 0 aromatic carbocycles. The van der Waals surface area contributed by atoms with E-state index in [1.54, 1.807) is 4.52 Å². The Balaban J connectivity index is 1.93. The molecule has 0 amide bonds. The maximum atomic E-state index is 6.07. The number of halogens is 1. The number of hydrogen-bond donors (Lipinski definition) is 2. The predicted molar refractivity (Wildman–Crippen MR) is 83.7 cm³/mol. The smallest absolute Gasteiger partial charge is 0.243 e. The van der Waals surface area contributed by atoms with Gasteiger partial charge >= 0.3 is 0 Å². The Hall–Kier alpha value is -1.14. The highest BCUT2D eigenvalue weighted by Gasteiger charge is 2.37. The van der Waals surface area contributed by atoms with Crippen molar-refractivity contribution in [3.05, 3.63) is 22.8 Å². The van der Waals surface area contributed by atoms with Crippen molar-refractivity contribution >= 4 is 27.5 Å². The fourth-order valence-corrected chi connectivity index (χ4v) is 3.53. The lowest BCUT2D eigenvalue weighted by Gasteiger charge is -2.42. The van der Waals surface area contributed by atoms with E-state index in [0.29, 0.717) is 18.4 Å². The number of rotatable bonds is 3. The Labute approximate surface area is 127 Å². The highest BCUT2D eigenvalue weighted by atomic mass is 79.9. The molecule has 0 aliphatic heterocycles. The third kappa shape index (κ3) is 2.31. The minimum Gasteiger partial charge on any atom is -0.346 e. The first-order valence-corrected chi connectivity index (χ1v) is 7.93. The molecule has 0 spiro atoms. The van der Waals surface area contributed by atoms with Gasteiger partial charge in [0.2, 0.25) is 5.95 Å². The van der Waals surface area contributed by atoms with Crippen LogP contribution in [0.3, 0.4) is 0 Å². The summed E-state index contributed by atoms with van der Waals surface area (Å²) >= 11 is 3.50. The molecule has 2 atom stereocenters. The highest BCUT2D eigenvalue weighted by Crippen LogP contribution is 2.35. The first-order chi connectivity index (χ1) is 9.64. The fraction of sp³-hybridized carbons (Fsp3) is 0.571. The quantitative estimate of drug-likeness (QED) is 0.903. The summed E-state index contributed by atoms with van der Waals surface area (Å²) in [7, 11) is 0. The van der Waals surface area contributed by atoms with Crippen LogP contribution in [0.5, 0.6) is 0 Å². The van der Waals surface area contributed by atoms with E-state index < -0.39 is 0 Å². The zero-order valence-corrected chi connectivity index (χ0v) is 13.2. The van der Waals surface area contributed by atoms with Gasteiger partial charge in [0.1, 0.15) is 0 Å². The molecule has 5 nitrogen and oxygen atoms in total. The van der Waals surface area contributed by atoms with Crippen LogP contribution >= 0.6 is 15.9 Å². The Morgan fingerprint density at radius 1 is 1.55 bits per heavy atom. The fourth-order valence-electron chi connectivity index (χ4n) is 3.10. The molecule has 0 bridgehead atoms. The van der Waals surface area contributed by atoms with Gasteiger partial charge in [-0.05, 0) is 46.8 Å². The van der Waals surface area contributed by atoms with Crippen molar-refractivity contribution in [2.75, 3.05) is 11.9 Å². The molecule has 2 unspecified atom stereocenters. The largest absolute Gasteiger partial charge is 0.346 e. The number of nitrogens with one attached hydrogen (secondary N) is 1. The van der Waals surface area contributed by atoms with Crippen molar-refractivity contribution in [3.63, 3.8) is 0 Å². The van der Waals surface area contributed by atoms with E-state index >= 15 is 0 Å². The third-order valence-electron chi connectivity index (χ3n) is 4.49. The van der Waals surface area contributed by atoms with Gasteiger partial charge in [-0.25, -0.2) is 4.52 Å². The number of nitrogens with zero attached hydrogens (tertiary/aromatic N) is 3. The minimum absolute atomic E-state index is 0.0737. The van der Waals surface area contributed by atoms with Gasteiger partial charge in [-0.3, -0.25) is 0 Å². The van der Waals surface area contributed by atoms with Crippen LogP contribution in [0.1, 0.15) is 32.6 Å². The summed E-state index contributed by atoms with van der Waals surface area (Å²) < 4.78 is 2.73. The molecule has 6 heteroatoms. The van der Waals surface area contributed by atoms with Crippen LogP contribution in [0.4, 0.5) is 5.95 Å². The van der Waals surface area contributed by atoms with Gasteiger partial charge in [0.15, 0.2) is 5.65 Å². The summed E-state index contributed by atoms with van der Waals surface area (Å²) in [5, 5.41) is 8.03. The lowest BCUT2D eigenvalue weighted by molar-refractivity contribution is 0.234. The van der Waals surface area contributed by atoms with E-state index in [-0.39, 0.29) is 5.54 Å². The van der Waals surface area contributed by atoms with Gasteiger partial charge < -0.3 is 11.1 Å². The summed E-state index contributed by atoms with van der Waals surface area (Å²) in [6, 6.07) is 3.91. The molecule has 0 radical (unpaired) electrons. The zero-order chi connectivity index (χ0) is 14.2. The molecular formula is C14H20BrN5. The second-order valence-corrected chi connectivity index (χ2v) is 6.55. The van der Waals surface area contributed by atoms with E-state index in [4.69, 9.17) is 5.73 Å². The van der Waals surface area contributed by atoms with Gasteiger partial charge in [-0.15, -0.1) is 5.10 Å². The van der Waals surface area contributed by atoms with E-state index in [0.717, 1.165) is 16.5 Å². The third-order valence-corrected chi connectivity index (χ3v) is 5.11. The first-order valence-electron chi connectivity index (χ1n) is 7.14. The normalized spacial score (nSPS) is 26.9. The van der Waals surface area contributed by atoms with Crippen molar-refractivity contribution in [1.29, 1.82) is 0 Å². The lowest BCUT2D eigenvalue weighted by Crippen LogP contribution is -2.52. The zero-order valence-electron chi connectivity index (χ0n) is 11.6. The van der Waals surface area contributed by atoms with Crippen molar-refractivity contribution in [2.24, 2.45) is 11.7 Å². The number of anilines is 1. The van der Waals surface area contributed by atoms with Gasteiger partial charge in [0, 0.05) is 12.7 Å². The average Bonchev–Trinajstić information content (AvgIpc) is 2.85. The van der Waals surface area contributed by atoms with Crippen LogP contribution in [0, 0.1) is 5.92 Å². The van der Waals surface area contributed by atoms with E-state index in [1.807, 2.05) is 18.3 Å². The minimum atomic E-state index is -0.0737. The Kier molecular flexibility index (Phi) is 3.69. The summed E-state index contributed by atoms with van der Waals surface area (Å²) in [6.45, 7) is 2.88. The number of aromatic nitrogens is 3. The molecule has 1 aliphatic carbocycles. The first kappa shape index (κ1) is 13.8. The topological polar surface area (TPSA) is 68.2 Å². The van der Waals surface area contributed by atoms with Crippen molar-refractivity contribution in [3.8, 4) is 0 Å². The van der Waals surface area contributed by atoms with Crippen LogP contribution in [0.25, 0.3) is 5.65 Å². The molecule has 3 N–H and O–H groups in total. The second kappa shape index (κ2) is 5.33. The molecule has 3 rings (SSSR count). The van der Waals surface area contributed by atoms with Crippen LogP contribution in [-0.4, -0.2) is 26.7 Å². The molecule has 2 aromatic rings. The molecule has 2 heterocycles. The SMILES string of the molecule is CC1CCCCC1(CN)Nc1nc2c(Br)cccn2n1. The molecule has 1 saturated carbocycles. The highest BCUT2D eigenvalue weighted by molar-refractivity contribution is 9.10. The molecule has 1 fully saturated rings. The van der Waals surface area contributed by atoms with Crippen LogP contribution in [-0.2, 0) is 0 Å². The molecule has 1 aliphatic rings. The monoisotopic (exact) mass is 337 g/mol. The average molecular weight is 338 g/mol. The van der Waals surface area contributed by atoms with Gasteiger partial charge in [-0.1, -0.05) is 19.8 Å². The number of hydrogen-bond acceptors (Lipinski definition) is 4. The molecule has 20 heavy (non-hydrogen) atoms. The standard InChI is InChI=1S/C14H20BrN5/c1-10-5-2-3-7-14(10,9-16)18-13-17-12-11(15)6-4-8-20(12)19-13/h4,6,8,10H,2-3,5,7,9,16H2,1H3,(H,18,19). The number of nitrogens with two attached hydrogens (primary N) is 1. The summed E-state index contributed by atoms with van der Waals surface area (Å²) in [5.41, 5.74) is 6.82. The van der Waals surface area contributed by atoms with Crippen LogP contribution in [0.15, 0.2) is 22.8 Å². The van der Waals surface area contributed by atoms with E-state index in [2.05, 4.69) is 38.3 Å². The lowest BCUT2D eigenvalue weighted by atomic mass is 9.73. The molecule has 2 aromatic heterocycles. The number of fused-ring (bicyclic) bond motifs is 1. The molecular weight excluding hydrogens is 318 g/mol. The van der Waals surface area contributed by atoms with Gasteiger partial charge in [-0.2, -0.15) is 4.98 Å². The Morgan fingerprint density at radius 2 is 2.40 bits per heavy atom. The number of pyridine rings is 1. The summed E-state index contributed by atoms with van der Waals surface area (Å²) in [6.07, 6.45) is 6.70. The van der Waals surface area contributed by atoms with E-state index in [9.17, 15) is 0 Å². The maximum Gasteiger partial charge on any atom is 0.243 e. The maximum absolute atomic E-state index is 6.07.